The SMILES string of the molecule is COc1ccc(C(OCCC(O)CCNC(=O)OCC2C=CC=CC2)(c2ccccc2)c2ccc(OC)cc2)cc1. The second-order valence-corrected chi connectivity index (χ2v) is 9.92. The van der Waals surface area contributed by atoms with Gasteiger partial charge in [0.05, 0.1) is 33.5 Å². The molecular formula is C34H39NO6. The predicted octanol–water partition coefficient (Wildman–Crippen LogP) is 6.01. The third-order valence-electron chi connectivity index (χ3n) is 7.19. The van der Waals surface area contributed by atoms with Crippen molar-refractivity contribution in [3.8, 4) is 11.5 Å². The molecule has 216 valence electrons. The van der Waals surface area contributed by atoms with E-state index >= 15 is 0 Å². The first kappa shape index (κ1) is 29.9. The second-order valence-electron chi connectivity index (χ2n) is 9.92. The van der Waals surface area contributed by atoms with Crippen LogP contribution in [-0.4, -0.2) is 51.3 Å². The van der Waals surface area contributed by atoms with Crippen LogP contribution < -0.4 is 14.8 Å². The lowest BCUT2D eigenvalue weighted by atomic mass is 9.80. The lowest BCUT2D eigenvalue weighted by Gasteiger charge is -2.36. The van der Waals surface area contributed by atoms with Crippen LogP contribution in [0.5, 0.6) is 11.5 Å². The number of ether oxygens (including phenoxy) is 4. The van der Waals surface area contributed by atoms with Crippen LogP contribution in [0.15, 0.2) is 103 Å². The topological polar surface area (TPSA) is 86.2 Å². The maximum atomic E-state index is 12.1. The highest BCUT2D eigenvalue weighted by Crippen LogP contribution is 2.41. The van der Waals surface area contributed by atoms with Crippen LogP contribution in [-0.2, 0) is 15.1 Å². The smallest absolute Gasteiger partial charge is 0.407 e. The van der Waals surface area contributed by atoms with Crippen LogP contribution in [0.2, 0.25) is 0 Å². The molecule has 0 saturated carbocycles. The number of nitrogens with one attached hydrogen (secondary N) is 1. The highest BCUT2D eigenvalue weighted by molar-refractivity contribution is 5.67. The van der Waals surface area contributed by atoms with Crippen molar-refractivity contribution >= 4 is 6.09 Å². The number of alkyl carbamates (subject to hydrolysis) is 1. The first-order chi connectivity index (χ1) is 20.0. The average Bonchev–Trinajstić information content (AvgIpc) is 3.03. The number of allylic oxidation sites excluding steroid dienone is 3. The van der Waals surface area contributed by atoms with Crippen LogP contribution >= 0.6 is 0 Å². The van der Waals surface area contributed by atoms with Gasteiger partial charge in [-0.2, -0.15) is 0 Å². The van der Waals surface area contributed by atoms with Crippen LogP contribution in [0.4, 0.5) is 4.79 Å². The van der Waals surface area contributed by atoms with Gasteiger partial charge in [0.15, 0.2) is 0 Å². The van der Waals surface area contributed by atoms with Gasteiger partial charge in [0, 0.05) is 12.5 Å². The van der Waals surface area contributed by atoms with Crippen molar-refractivity contribution in [3.63, 3.8) is 0 Å². The number of benzene rings is 3. The number of amides is 1. The van der Waals surface area contributed by atoms with Crippen molar-refractivity contribution < 1.29 is 28.8 Å². The highest BCUT2D eigenvalue weighted by atomic mass is 16.5. The zero-order valence-electron chi connectivity index (χ0n) is 23.7. The first-order valence-corrected chi connectivity index (χ1v) is 14.0. The van der Waals surface area contributed by atoms with E-state index in [0.29, 0.717) is 26.0 Å². The van der Waals surface area contributed by atoms with Crippen molar-refractivity contribution in [2.75, 3.05) is 34.0 Å². The first-order valence-electron chi connectivity index (χ1n) is 14.0. The summed E-state index contributed by atoms with van der Waals surface area (Å²) in [5.74, 6) is 1.70. The molecule has 0 spiro atoms. The Morgan fingerprint density at radius 1 is 0.878 bits per heavy atom. The van der Waals surface area contributed by atoms with Crippen molar-refractivity contribution in [1.29, 1.82) is 0 Å². The van der Waals surface area contributed by atoms with Gasteiger partial charge in [-0.3, -0.25) is 0 Å². The molecule has 2 unspecified atom stereocenters. The molecule has 0 bridgehead atoms. The number of aliphatic hydroxyl groups excluding tert-OH is 1. The number of methoxy groups -OCH3 is 2. The Bertz CT molecular complexity index is 1220. The zero-order valence-corrected chi connectivity index (χ0v) is 23.7. The van der Waals surface area contributed by atoms with Crippen molar-refractivity contribution in [2.45, 2.75) is 31.0 Å². The van der Waals surface area contributed by atoms with Crippen molar-refractivity contribution in [3.05, 3.63) is 120 Å². The quantitative estimate of drug-likeness (QED) is 0.236. The number of hydrogen-bond donors (Lipinski definition) is 2. The van der Waals surface area contributed by atoms with Gasteiger partial charge in [-0.1, -0.05) is 78.9 Å². The van der Waals surface area contributed by atoms with Gasteiger partial charge in [-0.25, -0.2) is 4.79 Å². The van der Waals surface area contributed by atoms with E-state index in [9.17, 15) is 9.90 Å². The molecule has 1 aliphatic rings. The van der Waals surface area contributed by atoms with Crippen LogP contribution in [0.25, 0.3) is 0 Å². The molecule has 1 aliphatic carbocycles. The summed E-state index contributed by atoms with van der Waals surface area (Å²) >= 11 is 0. The summed E-state index contributed by atoms with van der Waals surface area (Å²) in [7, 11) is 3.28. The van der Waals surface area contributed by atoms with Crippen molar-refractivity contribution in [2.24, 2.45) is 5.92 Å². The monoisotopic (exact) mass is 557 g/mol. The molecule has 1 amide bonds. The van der Waals surface area contributed by atoms with Gasteiger partial charge in [-0.15, -0.1) is 0 Å². The van der Waals surface area contributed by atoms with E-state index in [0.717, 1.165) is 34.6 Å². The fraction of sp³-hybridized carbons (Fsp3) is 0.324. The standard InChI is InChI=1S/C34H39NO6/c1-38-31-17-13-28(14-18-31)34(27-11-7-4-8-12-27,29-15-19-32(39-2)20-16-29)41-24-22-30(36)21-23-35-33(37)40-25-26-9-5-3-6-10-26/h3-9,11-20,26,30,36H,10,21-25H2,1-2H3,(H,35,37). The largest absolute Gasteiger partial charge is 0.497 e. The molecular weight excluding hydrogens is 518 g/mol. The third-order valence-corrected chi connectivity index (χ3v) is 7.19. The molecule has 7 heteroatoms. The van der Waals surface area contributed by atoms with E-state index in [1.165, 1.54) is 0 Å². The summed E-state index contributed by atoms with van der Waals surface area (Å²) in [5, 5.41) is 13.5. The van der Waals surface area contributed by atoms with E-state index in [2.05, 4.69) is 11.4 Å². The fourth-order valence-corrected chi connectivity index (χ4v) is 4.90. The number of rotatable bonds is 14. The molecule has 0 saturated heterocycles. The molecule has 4 rings (SSSR count). The minimum Gasteiger partial charge on any atom is -0.497 e. The van der Waals surface area contributed by atoms with Crippen LogP contribution in [0.3, 0.4) is 0 Å². The minimum atomic E-state index is -0.940. The zero-order chi connectivity index (χ0) is 28.9. The fourth-order valence-electron chi connectivity index (χ4n) is 4.90. The van der Waals surface area contributed by atoms with Crippen LogP contribution in [0.1, 0.15) is 36.0 Å². The van der Waals surface area contributed by atoms with E-state index < -0.39 is 17.8 Å². The van der Waals surface area contributed by atoms with E-state index in [-0.39, 0.29) is 12.5 Å². The minimum absolute atomic E-state index is 0.203. The lowest BCUT2D eigenvalue weighted by Crippen LogP contribution is -2.34. The van der Waals surface area contributed by atoms with E-state index in [1.807, 2.05) is 97.1 Å². The third kappa shape index (κ3) is 7.99. The molecule has 0 heterocycles. The Morgan fingerprint density at radius 3 is 2.05 bits per heavy atom. The molecule has 0 fully saturated rings. The Morgan fingerprint density at radius 2 is 1.49 bits per heavy atom. The Labute approximate surface area is 242 Å². The average molecular weight is 558 g/mol. The summed E-state index contributed by atoms with van der Waals surface area (Å²) in [6.45, 7) is 0.919. The lowest BCUT2D eigenvalue weighted by molar-refractivity contribution is -0.00623. The Balaban J connectivity index is 1.43. The molecule has 7 nitrogen and oxygen atoms in total. The van der Waals surface area contributed by atoms with Gasteiger partial charge in [0.1, 0.15) is 17.1 Å². The molecule has 3 aromatic rings. The molecule has 41 heavy (non-hydrogen) atoms. The molecule has 0 aromatic heterocycles. The van der Waals surface area contributed by atoms with Gasteiger partial charge in [-0.05, 0) is 60.2 Å². The number of aliphatic hydroxyl groups is 1. The molecule has 2 atom stereocenters. The number of carbonyl (C=O) groups excluding carboxylic acids is 1. The summed E-state index contributed by atoms with van der Waals surface area (Å²) in [5.41, 5.74) is 1.87. The Kier molecular flexibility index (Phi) is 11.0. The van der Waals surface area contributed by atoms with Gasteiger partial charge < -0.3 is 29.4 Å². The molecule has 3 aromatic carbocycles. The maximum absolute atomic E-state index is 12.1. The van der Waals surface area contributed by atoms with Gasteiger partial charge in [0.25, 0.3) is 0 Å². The predicted molar refractivity (Wildman–Crippen MR) is 159 cm³/mol. The number of carbonyl (C=O) groups is 1. The molecule has 2 N–H and O–H groups in total. The summed E-state index contributed by atoms with van der Waals surface area (Å²) in [6.07, 6.45) is 8.53. The maximum Gasteiger partial charge on any atom is 0.407 e. The van der Waals surface area contributed by atoms with Gasteiger partial charge in [0.2, 0.25) is 0 Å². The number of hydrogen-bond acceptors (Lipinski definition) is 6. The summed E-state index contributed by atoms with van der Waals surface area (Å²) < 4.78 is 22.9. The second kappa shape index (κ2) is 15.1. The normalized spacial score (nSPS) is 15.2. The van der Waals surface area contributed by atoms with Crippen LogP contribution in [0, 0.1) is 5.92 Å². The van der Waals surface area contributed by atoms with E-state index in [4.69, 9.17) is 18.9 Å². The highest BCUT2D eigenvalue weighted by Gasteiger charge is 2.38. The molecule has 0 aliphatic heterocycles. The summed E-state index contributed by atoms with van der Waals surface area (Å²) in [6, 6.07) is 25.7. The Hall–Kier alpha value is -4.07. The van der Waals surface area contributed by atoms with E-state index in [1.54, 1.807) is 14.2 Å². The summed E-state index contributed by atoms with van der Waals surface area (Å²) in [4.78, 5) is 12.1. The van der Waals surface area contributed by atoms with Crippen molar-refractivity contribution in [1.82, 2.24) is 5.32 Å². The molecule has 0 radical (unpaired) electrons. The van der Waals surface area contributed by atoms with Gasteiger partial charge >= 0.3 is 6.09 Å².